The van der Waals surface area contributed by atoms with Gasteiger partial charge in [-0.05, 0) is 48.5 Å². The molecule has 1 aliphatic carbocycles. The minimum absolute atomic E-state index is 0.397. The number of benzene rings is 1. The van der Waals surface area contributed by atoms with Crippen LogP contribution in [-0.2, 0) is 0 Å². The third-order valence-electron chi connectivity index (χ3n) is 4.22. The fourth-order valence-electron chi connectivity index (χ4n) is 3.38. The van der Waals surface area contributed by atoms with E-state index >= 15 is 0 Å². The van der Waals surface area contributed by atoms with Crippen molar-refractivity contribution in [2.75, 3.05) is 0 Å². The molecule has 0 N–H and O–H groups in total. The summed E-state index contributed by atoms with van der Waals surface area (Å²) < 4.78 is 0. The molecule has 1 aromatic carbocycles. The molecule has 0 radical (unpaired) electrons. The van der Waals surface area contributed by atoms with E-state index in [1.165, 1.54) is 30.4 Å². The summed E-state index contributed by atoms with van der Waals surface area (Å²) in [6.45, 7) is 2.22. The lowest BCUT2D eigenvalue weighted by molar-refractivity contribution is 0.448. The van der Waals surface area contributed by atoms with Crippen molar-refractivity contribution in [3.8, 4) is 0 Å². The summed E-state index contributed by atoms with van der Waals surface area (Å²) in [6, 6.07) is 11.2. The number of rotatable bonds is 2. The Morgan fingerprint density at radius 1 is 1.26 bits per heavy atom. The topological polar surface area (TPSA) is 12.4 Å². The Morgan fingerprint density at radius 2 is 2.11 bits per heavy atom. The van der Waals surface area contributed by atoms with Gasteiger partial charge in [-0.25, -0.2) is 0 Å². The monoisotopic (exact) mass is 251 g/mol. The number of hydrogen-bond donors (Lipinski definition) is 0. The zero-order valence-corrected chi connectivity index (χ0v) is 11.5. The molecule has 3 rings (SSSR count). The number of hydrogen-bond acceptors (Lipinski definition) is 1. The highest BCUT2D eigenvalue weighted by Gasteiger charge is 2.32. The van der Waals surface area contributed by atoms with Crippen molar-refractivity contribution < 1.29 is 0 Å². The average molecular weight is 251 g/mol. The van der Waals surface area contributed by atoms with Crippen molar-refractivity contribution in [2.24, 2.45) is 10.9 Å². The van der Waals surface area contributed by atoms with Gasteiger partial charge >= 0.3 is 0 Å². The molecule has 1 heterocycles. The highest BCUT2D eigenvalue weighted by molar-refractivity contribution is 5.88. The maximum absolute atomic E-state index is 4.76. The van der Waals surface area contributed by atoms with E-state index in [0.29, 0.717) is 12.0 Å². The van der Waals surface area contributed by atoms with Crippen LogP contribution in [0.5, 0.6) is 0 Å². The van der Waals surface area contributed by atoms with Crippen LogP contribution in [0.1, 0.15) is 38.2 Å². The van der Waals surface area contributed by atoms with E-state index in [9.17, 15) is 0 Å². The van der Waals surface area contributed by atoms with Gasteiger partial charge in [-0.1, -0.05) is 43.3 Å². The van der Waals surface area contributed by atoms with Gasteiger partial charge in [-0.2, -0.15) is 0 Å². The number of dihydropyridines is 1. The zero-order chi connectivity index (χ0) is 13.1. The van der Waals surface area contributed by atoms with Gasteiger partial charge in [0.2, 0.25) is 0 Å². The van der Waals surface area contributed by atoms with E-state index in [-0.39, 0.29) is 0 Å². The molecule has 0 bridgehead atoms. The maximum atomic E-state index is 4.76. The van der Waals surface area contributed by atoms with Crippen LogP contribution in [0.2, 0.25) is 0 Å². The van der Waals surface area contributed by atoms with Crippen molar-refractivity contribution >= 4 is 11.8 Å². The summed E-state index contributed by atoms with van der Waals surface area (Å²) >= 11 is 0. The number of fused-ring (bicyclic) bond motifs is 1. The summed E-state index contributed by atoms with van der Waals surface area (Å²) in [5.41, 5.74) is 4.39. The van der Waals surface area contributed by atoms with Gasteiger partial charge in [0.05, 0.1) is 6.04 Å². The molecular weight excluding hydrogens is 230 g/mol. The van der Waals surface area contributed by atoms with Crippen LogP contribution in [-0.4, -0.2) is 12.3 Å². The van der Waals surface area contributed by atoms with E-state index in [1.54, 1.807) is 5.57 Å². The van der Waals surface area contributed by atoms with Gasteiger partial charge in [0.1, 0.15) is 0 Å². The standard InChI is InChI=1S/C18H21N/c1-2-7-15-10-6-11-17-16(12-13-19-18(15)17)14-8-4-3-5-9-14/h3-5,7-9,12-13,17-18H,2,6,10-11H2,1H3. The van der Waals surface area contributed by atoms with Crippen molar-refractivity contribution in [2.45, 2.75) is 38.6 Å². The van der Waals surface area contributed by atoms with Gasteiger partial charge in [0.15, 0.2) is 0 Å². The molecule has 2 aliphatic rings. The molecule has 0 spiro atoms. The average Bonchev–Trinajstić information content (AvgIpc) is 2.48. The second-order valence-electron chi connectivity index (χ2n) is 5.42. The van der Waals surface area contributed by atoms with Gasteiger partial charge in [-0.3, -0.25) is 4.99 Å². The van der Waals surface area contributed by atoms with E-state index < -0.39 is 0 Å². The molecule has 1 aliphatic heterocycles. The quantitative estimate of drug-likeness (QED) is 0.678. The van der Waals surface area contributed by atoms with E-state index in [1.807, 2.05) is 6.21 Å². The normalized spacial score (nSPS) is 28.1. The fourth-order valence-corrected chi connectivity index (χ4v) is 3.38. The van der Waals surface area contributed by atoms with Crippen LogP contribution in [0.4, 0.5) is 0 Å². The molecule has 0 saturated heterocycles. The van der Waals surface area contributed by atoms with E-state index in [0.717, 1.165) is 6.42 Å². The number of nitrogens with zero attached hydrogens (tertiary/aromatic N) is 1. The van der Waals surface area contributed by atoms with Crippen molar-refractivity contribution in [1.29, 1.82) is 0 Å². The molecule has 1 saturated carbocycles. The van der Waals surface area contributed by atoms with Gasteiger partial charge in [0, 0.05) is 12.1 Å². The molecule has 2 unspecified atom stereocenters. The van der Waals surface area contributed by atoms with Crippen molar-refractivity contribution in [3.63, 3.8) is 0 Å². The summed E-state index contributed by atoms with van der Waals surface area (Å²) in [4.78, 5) is 4.76. The molecule has 0 amide bonds. The number of allylic oxidation sites excluding steroid dienone is 2. The van der Waals surface area contributed by atoms with Crippen LogP contribution in [0, 0.1) is 5.92 Å². The molecule has 0 aromatic heterocycles. The predicted octanol–water partition coefficient (Wildman–Crippen LogP) is 4.66. The Kier molecular flexibility index (Phi) is 3.63. The molecule has 98 valence electrons. The Hall–Kier alpha value is -1.63. The maximum Gasteiger partial charge on any atom is 0.0777 e. The summed E-state index contributed by atoms with van der Waals surface area (Å²) in [5.74, 6) is 0.582. The summed E-state index contributed by atoms with van der Waals surface area (Å²) in [5, 5.41) is 0. The van der Waals surface area contributed by atoms with E-state index in [2.05, 4.69) is 49.4 Å². The first-order chi connectivity index (χ1) is 9.40. The van der Waals surface area contributed by atoms with Crippen LogP contribution in [0.3, 0.4) is 0 Å². The van der Waals surface area contributed by atoms with Crippen molar-refractivity contribution in [1.82, 2.24) is 0 Å². The Bertz CT molecular complexity index is 522. The summed E-state index contributed by atoms with van der Waals surface area (Å²) in [7, 11) is 0. The Balaban J connectivity index is 1.94. The largest absolute Gasteiger partial charge is 0.285 e. The summed E-state index contributed by atoms with van der Waals surface area (Å²) in [6.07, 6.45) is 11.5. The first-order valence-corrected chi connectivity index (χ1v) is 7.38. The third kappa shape index (κ3) is 2.42. The number of aliphatic imine (C=N–C) groups is 1. The fraction of sp³-hybridized carbons (Fsp3) is 0.389. The lowest BCUT2D eigenvalue weighted by atomic mass is 9.74. The smallest absolute Gasteiger partial charge is 0.0777 e. The first-order valence-electron chi connectivity index (χ1n) is 7.38. The molecule has 2 atom stereocenters. The third-order valence-corrected chi connectivity index (χ3v) is 4.22. The molecule has 1 heteroatoms. The van der Waals surface area contributed by atoms with Gasteiger partial charge in [0.25, 0.3) is 0 Å². The lowest BCUT2D eigenvalue weighted by Crippen LogP contribution is -2.29. The minimum atomic E-state index is 0.397. The van der Waals surface area contributed by atoms with Crippen LogP contribution in [0.15, 0.2) is 53.0 Å². The van der Waals surface area contributed by atoms with E-state index in [4.69, 9.17) is 4.99 Å². The molecule has 1 nitrogen and oxygen atoms in total. The van der Waals surface area contributed by atoms with Crippen LogP contribution < -0.4 is 0 Å². The highest BCUT2D eigenvalue weighted by atomic mass is 14.8. The predicted molar refractivity (Wildman–Crippen MR) is 82.4 cm³/mol. The Morgan fingerprint density at radius 3 is 2.89 bits per heavy atom. The van der Waals surface area contributed by atoms with Crippen LogP contribution in [0.25, 0.3) is 5.57 Å². The van der Waals surface area contributed by atoms with Gasteiger partial charge < -0.3 is 0 Å². The Labute approximate surface area is 115 Å². The molecule has 1 aromatic rings. The zero-order valence-electron chi connectivity index (χ0n) is 11.5. The van der Waals surface area contributed by atoms with Crippen LogP contribution >= 0.6 is 0 Å². The molecular formula is C18H21N. The second kappa shape index (κ2) is 5.56. The minimum Gasteiger partial charge on any atom is -0.285 e. The SMILES string of the molecule is CCC=C1CCCC2C(c3ccccc3)=CC=NC12. The van der Waals surface area contributed by atoms with Crippen molar-refractivity contribution in [3.05, 3.63) is 53.6 Å². The first kappa shape index (κ1) is 12.4. The lowest BCUT2D eigenvalue weighted by Gasteiger charge is -2.35. The van der Waals surface area contributed by atoms with Gasteiger partial charge in [-0.15, -0.1) is 0 Å². The molecule has 19 heavy (non-hydrogen) atoms. The second-order valence-corrected chi connectivity index (χ2v) is 5.42. The highest BCUT2D eigenvalue weighted by Crippen LogP contribution is 2.41. The molecule has 1 fully saturated rings.